The number of nitrogens with one attached hydrogen (secondary N) is 1. The average Bonchev–Trinajstić information content (AvgIpc) is 2.44. The van der Waals surface area contributed by atoms with Gasteiger partial charge in [0.2, 0.25) is 15.9 Å². The molecule has 0 fully saturated rings. The minimum Gasteiger partial charge on any atom is -0.496 e. The van der Waals surface area contributed by atoms with Crippen molar-refractivity contribution in [3.63, 3.8) is 0 Å². The standard InChI is InChI=1S/C14H22N2O4S/c1-11(12-7-5-6-8-13(12)20-3)16(2)14(17)9-10-15-21(4,18)19/h5-8,11,15H,9-10H2,1-4H3/t11-/m1/s1. The minimum atomic E-state index is -3.27. The molecule has 0 spiro atoms. The number of amides is 1. The number of methoxy groups -OCH3 is 1. The average molecular weight is 314 g/mol. The number of carbonyl (C=O) groups is 1. The summed E-state index contributed by atoms with van der Waals surface area (Å²) in [5, 5.41) is 0. The first-order valence-corrected chi connectivity index (χ1v) is 8.48. The van der Waals surface area contributed by atoms with Gasteiger partial charge in [-0.05, 0) is 13.0 Å². The van der Waals surface area contributed by atoms with Crippen LogP contribution in [0, 0.1) is 0 Å². The number of rotatable bonds is 7. The number of hydrogen-bond acceptors (Lipinski definition) is 4. The second-order valence-electron chi connectivity index (χ2n) is 4.84. The third-order valence-electron chi connectivity index (χ3n) is 3.27. The number of hydrogen-bond donors (Lipinski definition) is 1. The predicted molar refractivity (Wildman–Crippen MR) is 81.6 cm³/mol. The van der Waals surface area contributed by atoms with Crippen LogP contribution in [-0.2, 0) is 14.8 Å². The first-order valence-electron chi connectivity index (χ1n) is 6.59. The first kappa shape index (κ1) is 17.5. The Kier molecular flexibility index (Phi) is 6.17. The lowest BCUT2D eigenvalue weighted by Gasteiger charge is -2.26. The highest BCUT2D eigenvalue weighted by molar-refractivity contribution is 7.88. The van der Waals surface area contributed by atoms with Crippen LogP contribution in [-0.4, -0.2) is 46.2 Å². The highest BCUT2D eigenvalue weighted by Gasteiger charge is 2.20. The van der Waals surface area contributed by atoms with Crippen molar-refractivity contribution in [2.24, 2.45) is 0 Å². The molecule has 1 aromatic carbocycles. The van der Waals surface area contributed by atoms with Crippen LogP contribution >= 0.6 is 0 Å². The summed E-state index contributed by atoms with van der Waals surface area (Å²) in [6.07, 6.45) is 1.18. The maximum Gasteiger partial charge on any atom is 0.224 e. The smallest absolute Gasteiger partial charge is 0.224 e. The minimum absolute atomic E-state index is 0.0979. The zero-order valence-electron chi connectivity index (χ0n) is 12.8. The van der Waals surface area contributed by atoms with Crippen molar-refractivity contribution >= 4 is 15.9 Å². The van der Waals surface area contributed by atoms with Gasteiger partial charge in [-0.3, -0.25) is 4.79 Å². The summed E-state index contributed by atoms with van der Waals surface area (Å²) in [5.74, 6) is 0.587. The fourth-order valence-electron chi connectivity index (χ4n) is 1.96. The maximum atomic E-state index is 12.1. The van der Waals surface area contributed by atoms with Gasteiger partial charge >= 0.3 is 0 Å². The number of benzene rings is 1. The van der Waals surface area contributed by atoms with Gasteiger partial charge in [0.15, 0.2) is 0 Å². The van der Waals surface area contributed by atoms with Crippen molar-refractivity contribution in [1.82, 2.24) is 9.62 Å². The van der Waals surface area contributed by atoms with E-state index in [0.29, 0.717) is 0 Å². The molecule has 0 radical (unpaired) electrons. The first-order chi connectivity index (χ1) is 9.76. The molecular weight excluding hydrogens is 292 g/mol. The summed E-state index contributed by atoms with van der Waals surface area (Å²) in [6, 6.07) is 7.34. The zero-order valence-corrected chi connectivity index (χ0v) is 13.6. The molecule has 0 aliphatic heterocycles. The summed E-state index contributed by atoms with van der Waals surface area (Å²) in [7, 11) is 0.0117. The Labute approximate surface area is 126 Å². The second-order valence-corrected chi connectivity index (χ2v) is 6.67. The quantitative estimate of drug-likeness (QED) is 0.819. The Balaban J connectivity index is 2.69. The Morgan fingerprint density at radius 2 is 2.00 bits per heavy atom. The lowest BCUT2D eigenvalue weighted by Crippen LogP contribution is -2.33. The van der Waals surface area contributed by atoms with E-state index in [4.69, 9.17) is 4.74 Å². The highest BCUT2D eigenvalue weighted by atomic mass is 32.2. The Bertz CT molecular complexity index is 586. The predicted octanol–water partition coefficient (Wildman–Crippen LogP) is 1.15. The van der Waals surface area contributed by atoms with Gasteiger partial charge in [-0.1, -0.05) is 18.2 Å². The van der Waals surface area contributed by atoms with E-state index in [0.717, 1.165) is 17.6 Å². The summed E-state index contributed by atoms with van der Waals surface area (Å²) in [5.41, 5.74) is 0.909. The molecule has 0 saturated carbocycles. The van der Waals surface area contributed by atoms with Gasteiger partial charge in [-0.25, -0.2) is 13.1 Å². The number of carbonyl (C=O) groups excluding carboxylic acids is 1. The van der Waals surface area contributed by atoms with Crippen LogP contribution in [0.25, 0.3) is 0 Å². The molecule has 118 valence electrons. The zero-order chi connectivity index (χ0) is 16.0. The highest BCUT2D eigenvalue weighted by Crippen LogP contribution is 2.28. The van der Waals surface area contributed by atoms with E-state index in [2.05, 4.69) is 4.72 Å². The molecule has 1 rings (SSSR count). The SMILES string of the molecule is COc1ccccc1[C@@H](C)N(C)C(=O)CCNS(C)(=O)=O. The summed E-state index contributed by atoms with van der Waals surface area (Å²) < 4.78 is 29.5. The number of nitrogens with zero attached hydrogens (tertiary/aromatic N) is 1. The Morgan fingerprint density at radius 3 is 2.57 bits per heavy atom. The molecule has 21 heavy (non-hydrogen) atoms. The van der Waals surface area contributed by atoms with Crippen molar-refractivity contribution in [3.8, 4) is 5.75 Å². The van der Waals surface area contributed by atoms with Gasteiger partial charge in [-0.15, -0.1) is 0 Å². The summed E-state index contributed by atoms with van der Waals surface area (Å²) >= 11 is 0. The molecule has 1 atom stereocenters. The molecule has 6 nitrogen and oxygen atoms in total. The largest absolute Gasteiger partial charge is 0.496 e. The van der Waals surface area contributed by atoms with Crippen LogP contribution in [0.5, 0.6) is 5.75 Å². The Morgan fingerprint density at radius 1 is 1.38 bits per heavy atom. The molecule has 1 aromatic rings. The van der Waals surface area contributed by atoms with Crippen LogP contribution in [0.3, 0.4) is 0 Å². The summed E-state index contributed by atoms with van der Waals surface area (Å²) in [6.45, 7) is 2.00. The van der Waals surface area contributed by atoms with Crippen LogP contribution < -0.4 is 9.46 Å². The van der Waals surface area contributed by atoms with Gasteiger partial charge in [0.05, 0.1) is 19.4 Å². The Hall–Kier alpha value is -1.60. The molecule has 0 unspecified atom stereocenters. The fourth-order valence-corrected chi connectivity index (χ4v) is 2.43. The van der Waals surface area contributed by atoms with Crippen LogP contribution in [0.1, 0.15) is 24.9 Å². The normalized spacial score (nSPS) is 12.8. The van der Waals surface area contributed by atoms with E-state index in [-0.39, 0.29) is 24.9 Å². The fraction of sp³-hybridized carbons (Fsp3) is 0.500. The van der Waals surface area contributed by atoms with E-state index in [1.54, 1.807) is 19.1 Å². The van der Waals surface area contributed by atoms with E-state index >= 15 is 0 Å². The second kappa shape index (κ2) is 7.42. The third-order valence-corrected chi connectivity index (χ3v) is 3.99. The summed E-state index contributed by atoms with van der Waals surface area (Å²) in [4.78, 5) is 13.7. The van der Waals surface area contributed by atoms with Crippen LogP contribution in [0.15, 0.2) is 24.3 Å². The molecule has 0 heterocycles. The van der Waals surface area contributed by atoms with Crippen molar-refractivity contribution in [2.75, 3.05) is 27.0 Å². The maximum absolute atomic E-state index is 12.1. The topological polar surface area (TPSA) is 75.7 Å². The molecule has 1 N–H and O–H groups in total. The number of para-hydroxylation sites is 1. The molecule has 0 aromatic heterocycles. The van der Waals surface area contributed by atoms with Gasteiger partial charge in [-0.2, -0.15) is 0 Å². The van der Waals surface area contributed by atoms with Gasteiger partial charge in [0.25, 0.3) is 0 Å². The molecule has 0 bridgehead atoms. The van der Waals surface area contributed by atoms with Gasteiger partial charge < -0.3 is 9.64 Å². The molecule has 0 saturated heterocycles. The van der Waals surface area contributed by atoms with Crippen LogP contribution in [0.4, 0.5) is 0 Å². The van der Waals surface area contributed by atoms with E-state index in [9.17, 15) is 13.2 Å². The lowest BCUT2D eigenvalue weighted by molar-refractivity contribution is -0.131. The molecule has 0 aliphatic carbocycles. The molecule has 7 heteroatoms. The van der Waals surface area contributed by atoms with Crippen molar-refractivity contribution in [3.05, 3.63) is 29.8 Å². The van der Waals surface area contributed by atoms with Crippen molar-refractivity contribution < 1.29 is 17.9 Å². The van der Waals surface area contributed by atoms with E-state index in [1.165, 1.54) is 0 Å². The molecule has 0 aliphatic rings. The number of sulfonamides is 1. The van der Waals surface area contributed by atoms with Gasteiger partial charge in [0, 0.05) is 25.6 Å². The number of ether oxygens (including phenoxy) is 1. The monoisotopic (exact) mass is 314 g/mol. The van der Waals surface area contributed by atoms with Crippen molar-refractivity contribution in [2.45, 2.75) is 19.4 Å². The molecular formula is C14H22N2O4S. The van der Waals surface area contributed by atoms with Crippen LogP contribution in [0.2, 0.25) is 0 Å². The van der Waals surface area contributed by atoms with E-state index < -0.39 is 10.0 Å². The molecule has 1 amide bonds. The lowest BCUT2D eigenvalue weighted by atomic mass is 10.1. The van der Waals surface area contributed by atoms with Gasteiger partial charge in [0.1, 0.15) is 5.75 Å². The van der Waals surface area contributed by atoms with Crippen molar-refractivity contribution in [1.29, 1.82) is 0 Å². The van der Waals surface area contributed by atoms with E-state index in [1.807, 2.05) is 31.2 Å². The third kappa shape index (κ3) is 5.35.